The molecular formula is C24H36O6. The fourth-order valence-corrected chi connectivity index (χ4v) is 4.20. The van der Waals surface area contributed by atoms with Crippen LogP contribution in [0.2, 0.25) is 0 Å². The maximum Gasteiger partial charge on any atom is 0.309 e. The van der Waals surface area contributed by atoms with E-state index < -0.39 is 11.5 Å². The van der Waals surface area contributed by atoms with Gasteiger partial charge in [0.1, 0.15) is 18.0 Å². The largest absolute Gasteiger partial charge is 0.491 e. The maximum absolute atomic E-state index is 12.9. The number of carbonyl (C=O) groups is 2. The smallest absolute Gasteiger partial charge is 0.309 e. The second-order valence-corrected chi connectivity index (χ2v) is 8.87. The molecule has 0 heterocycles. The minimum atomic E-state index is -0.555. The van der Waals surface area contributed by atoms with Crippen molar-refractivity contribution in [2.75, 3.05) is 26.9 Å². The second-order valence-electron chi connectivity index (χ2n) is 8.87. The van der Waals surface area contributed by atoms with Crippen molar-refractivity contribution < 1.29 is 28.5 Å². The zero-order valence-electron chi connectivity index (χ0n) is 19.1. The summed E-state index contributed by atoms with van der Waals surface area (Å²) in [5, 5.41) is 0. The molecule has 0 aromatic heterocycles. The van der Waals surface area contributed by atoms with Crippen LogP contribution in [-0.2, 0) is 23.8 Å². The fraction of sp³-hybridized carbons (Fsp3) is 0.667. The van der Waals surface area contributed by atoms with E-state index >= 15 is 0 Å². The molecule has 1 fully saturated rings. The number of methoxy groups -OCH3 is 1. The molecule has 1 aliphatic carbocycles. The average molecular weight is 421 g/mol. The summed E-state index contributed by atoms with van der Waals surface area (Å²) in [6.07, 6.45) is 1.38. The predicted octanol–water partition coefficient (Wildman–Crippen LogP) is 4.36. The van der Waals surface area contributed by atoms with Gasteiger partial charge in [-0.05, 0) is 70.1 Å². The fourth-order valence-electron chi connectivity index (χ4n) is 4.20. The number of benzene rings is 1. The van der Waals surface area contributed by atoms with Crippen LogP contribution in [0.25, 0.3) is 0 Å². The van der Waals surface area contributed by atoms with E-state index in [1.807, 2.05) is 52.0 Å². The van der Waals surface area contributed by atoms with Crippen molar-refractivity contribution in [1.29, 1.82) is 0 Å². The van der Waals surface area contributed by atoms with E-state index in [1.54, 1.807) is 14.0 Å². The van der Waals surface area contributed by atoms with Crippen LogP contribution in [0.3, 0.4) is 0 Å². The first-order valence-electron chi connectivity index (χ1n) is 10.8. The van der Waals surface area contributed by atoms with Gasteiger partial charge in [0.2, 0.25) is 0 Å². The average Bonchev–Trinajstić information content (AvgIpc) is 2.66. The first-order valence-corrected chi connectivity index (χ1v) is 10.8. The zero-order valence-corrected chi connectivity index (χ0v) is 19.1. The standard InChI is InChI=1S/C24H36O6/c1-7-28-23(26)21-16(2)19(22(25)30-24(3,4)5)11-12-20(21)17-9-8-10-18(15-17)29-14-13-27-6/h8-10,15-16,19-21H,7,11-14H2,1-6H3/t16-,19?,20-,21-/m1/s1. The Morgan fingerprint density at radius 2 is 1.83 bits per heavy atom. The monoisotopic (exact) mass is 420 g/mol. The Kier molecular flexibility index (Phi) is 8.71. The van der Waals surface area contributed by atoms with Crippen molar-refractivity contribution in [3.63, 3.8) is 0 Å². The SMILES string of the molecule is CCOC(=O)[C@H]1[C@@H](c2cccc(OCCOC)c2)CCC(C(=O)OC(C)(C)C)[C@H]1C. The van der Waals surface area contributed by atoms with Crippen LogP contribution in [0, 0.1) is 17.8 Å². The lowest BCUT2D eigenvalue weighted by molar-refractivity contribution is -0.167. The van der Waals surface area contributed by atoms with E-state index in [4.69, 9.17) is 18.9 Å². The van der Waals surface area contributed by atoms with Crippen molar-refractivity contribution in [2.45, 2.75) is 59.0 Å². The molecule has 6 heteroatoms. The zero-order chi connectivity index (χ0) is 22.3. The normalized spacial score (nSPS) is 24.2. The molecular weight excluding hydrogens is 384 g/mol. The second kappa shape index (κ2) is 10.8. The van der Waals surface area contributed by atoms with Crippen molar-refractivity contribution in [1.82, 2.24) is 0 Å². The van der Waals surface area contributed by atoms with Gasteiger partial charge in [-0.15, -0.1) is 0 Å². The maximum atomic E-state index is 12.9. The number of esters is 2. The van der Waals surface area contributed by atoms with E-state index in [0.717, 1.165) is 11.3 Å². The number of hydrogen-bond donors (Lipinski definition) is 0. The summed E-state index contributed by atoms with van der Waals surface area (Å²) in [7, 11) is 1.63. The van der Waals surface area contributed by atoms with Gasteiger partial charge < -0.3 is 18.9 Å². The van der Waals surface area contributed by atoms with Gasteiger partial charge in [0.25, 0.3) is 0 Å². The Morgan fingerprint density at radius 1 is 1.10 bits per heavy atom. The molecule has 4 atom stereocenters. The third kappa shape index (κ3) is 6.46. The minimum absolute atomic E-state index is 0.0382. The van der Waals surface area contributed by atoms with E-state index in [9.17, 15) is 9.59 Å². The van der Waals surface area contributed by atoms with Crippen LogP contribution in [0.5, 0.6) is 5.75 Å². The number of hydrogen-bond acceptors (Lipinski definition) is 6. The highest BCUT2D eigenvalue weighted by Crippen LogP contribution is 2.46. The first-order chi connectivity index (χ1) is 14.2. The highest BCUT2D eigenvalue weighted by Gasteiger charge is 2.46. The van der Waals surface area contributed by atoms with Gasteiger partial charge >= 0.3 is 11.9 Å². The minimum Gasteiger partial charge on any atom is -0.491 e. The molecule has 0 aliphatic heterocycles. The van der Waals surface area contributed by atoms with Crippen LogP contribution >= 0.6 is 0 Å². The van der Waals surface area contributed by atoms with E-state index in [1.165, 1.54) is 0 Å². The predicted molar refractivity (Wildman–Crippen MR) is 114 cm³/mol. The third-order valence-corrected chi connectivity index (χ3v) is 5.53. The summed E-state index contributed by atoms with van der Waals surface area (Å²) >= 11 is 0. The number of rotatable bonds is 8. The Bertz CT molecular complexity index is 708. The lowest BCUT2D eigenvalue weighted by Crippen LogP contribution is -2.42. The summed E-state index contributed by atoms with van der Waals surface area (Å²) in [6.45, 7) is 10.6. The Morgan fingerprint density at radius 3 is 2.47 bits per heavy atom. The van der Waals surface area contributed by atoms with Gasteiger partial charge in [0.05, 0.1) is 25.0 Å². The molecule has 168 valence electrons. The highest BCUT2D eigenvalue weighted by atomic mass is 16.6. The molecule has 1 unspecified atom stereocenters. The van der Waals surface area contributed by atoms with Crippen molar-refractivity contribution >= 4 is 11.9 Å². The lowest BCUT2D eigenvalue weighted by Gasteiger charge is -2.40. The van der Waals surface area contributed by atoms with Gasteiger partial charge in [-0.25, -0.2) is 0 Å². The summed E-state index contributed by atoms with van der Waals surface area (Å²) in [5.41, 5.74) is 0.471. The molecule has 6 nitrogen and oxygen atoms in total. The molecule has 0 amide bonds. The molecule has 1 aliphatic rings. The van der Waals surface area contributed by atoms with Gasteiger partial charge in [0, 0.05) is 7.11 Å². The highest BCUT2D eigenvalue weighted by molar-refractivity contribution is 5.78. The quantitative estimate of drug-likeness (QED) is 0.460. The van der Waals surface area contributed by atoms with Crippen molar-refractivity contribution in [3.05, 3.63) is 29.8 Å². The molecule has 0 spiro atoms. The summed E-state index contributed by atoms with van der Waals surface area (Å²) in [5.74, 6) is -0.705. The number of ether oxygens (including phenoxy) is 4. The van der Waals surface area contributed by atoms with Gasteiger partial charge in [0.15, 0.2) is 0 Å². The van der Waals surface area contributed by atoms with Crippen LogP contribution in [-0.4, -0.2) is 44.5 Å². The lowest BCUT2D eigenvalue weighted by atomic mass is 9.65. The summed E-state index contributed by atoms with van der Waals surface area (Å²) in [6, 6.07) is 7.83. The summed E-state index contributed by atoms with van der Waals surface area (Å²) < 4.78 is 21.8. The molecule has 0 radical (unpaired) electrons. The van der Waals surface area contributed by atoms with E-state index in [-0.39, 0.29) is 29.7 Å². The Labute approximate surface area is 180 Å². The Hall–Kier alpha value is -2.08. The van der Waals surface area contributed by atoms with Crippen LogP contribution < -0.4 is 4.74 Å². The van der Waals surface area contributed by atoms with Gasteiger partial charge in [-0.2, -0.15) is 0 Å². The van der Waals surface area contributed by atoms with Crippen molar-refractivity contribution in [3.8, 4) is 5.75 Å². The molecule has 2 rings (SSSR count). The van der Waals surface area contributed by atoms with Gasteiger partial charge in [-0.1, -0.05) is 19.1 Å². The molecule has 1 saturated carbocycles. The molecule has 0 saturated heterocycles. The molecule has 0 bridgehead atoms. The molecule has 1 aromatic rings. The van der Waals surface area contributed by atoms with Crippen LogP contribution in [0.15, 0.2) is 24.3 Å². The van der Waals surface area contributed by atoms with Crippen LogP contribution in [0.4, 0.5) is 0 Å². The Balaban J connectivity index is 2.26. The first kappa shape index (κ1) is 24.2. The van der Waals surface area contributed by atoms with Gasteiger partial charge in [-0.3, -0.25) is 9.59 Å². The molecule has 30 heavy (non-hydrogen) atoms. The third-order valence-electron chi connectivity index (χ3n) is 5.53. The molecule has 0 N–H and O–H groups in total. The molecule has 1 aromatic carbocycles. The number of carbonyl (C=O) groups excluding carboxylic acids is 2. The summed E-state index contributed by atoms with van der Waals surface area (Å²) in [4.78, 5) is 25.7. The van der Waals surface area contributed by atoms with E-state index in [2.05, 4.69) is 0 Å². The van der Waals surface area contributed by atoms with Crippen LogP contribution in [0.1, 0.15) is 58.9 Å². The van der Waals surface area contributed by atoms with Crippen molar-refractivity contribution in [2.24, 2.45) is 17.8 Å². The topological polar surface area (TPSA) is 71.1 Å². The van der Waals surface area contributed by atoms with E-state index in [0.29, 0.717) is 32.7 Å².